The predicted octanol–water partition coefficient (Wildman–Crippen LogP) is 4.81. The van der Waals surface area contributed by atoms with Crippen LogP contribution in [0, 0.1) is 18.3 Å². The molecule has 3 rings (SSSR count). The van der Waals surface area contributed by atoms with Gasteiger partial charge < -0.3 is 14.5 Å². The standard InChI is InChI=1S/C19H16BrN3O2/c1-13-2-4-14(5-3-13)11-22-19-17(10-21)23-18(25-19)12-24-16-8-6-15(20)7-9-16/h2-9,22H,11-12H2,1H3. The van der Waals surface area contributed by atoms with Crippen LogP contribution in [0.1, 0.15) is 22.7 Å². The van der Waals surface area contributed by atoms with Gasteiger partial charge in [-0.1, -0.05) is 45.8 Å². The van der Waals surface area contributed by atoms with Crippen molar-refractivity contribution in [2.24, 2.45) is 0 Å². The number of benzene rings is 2. The van der Waals surface area contributed by atoms with Crippen LogP contribution in [0.4, 0.5) is 5.88 Å². The van der Waals surface area contributed by atoms with Gasteiger partial charge in [-0.05, 0) is 36.8 Å². The molecular formula is C19H16BrN3O2. The number of nitriles is 1. The van der Waals surface area contributed by atoms with E-state index in [1.54, 1.807) is 0 Å². The number of nitrogens with one attached hydrogen (secondary N) is 1. The molecular weight excluding hydrogens is 382 g/mol. The highest BCUT2D eigenvalue weighted by molar-refractivity contribution is 9.10. The van der Waals surface area contributed by atoms with E-state index < -0.39 is 0 Å². The Morgan fingerprint density at radius 1 is 1.16 bits per heavy atom. The number of ether oxygens (including phenoxy) is 1. The van der Waals surface area contributed by atoms with Crippen LogP contribution in [0.2, 0.25) is 0 Å². The zero-order valence-corrected chi connectivity index (χ0v) is 15.2. The molecule has 0 radical (unpaired) electrons. The number of hydrogen-bond donors (Lipinski definition) is 1. The fraction of sp³-hybridized carbons (Fsp3) is 0.158. The third kappa shape index (κ3) is 4.61. The van der Waals surface area contributed by atoms with Crippen molar-refractivity contribution < 1.29 is 9.15 Å². The van der Waals surface area contributed by atoms with Crippen LogP contribution in [0.3, 0.4) is 0 Å². The second-order valence-electron chi connectivity index (χ2n) is 5.48. The Morgan fingerprint density at radius 3 is 2.56 bits per heavy atom. The molecule has 0 spiro atoms. The minimum Gasteiger partial charge on any atom is -0.484 e. The van der Waals surface area contributed by atoms with Gasteiger partial charge in [-0.15, -0.1) is 0 Å². The Balaban J connectivity index is 1.63. The number of hydrogen-bond acceptors (Lipinski definition) is 5. The molecule has 0 saturated carbocycles. The maximum atomic E-state index is 9.22. The lowest BCUT2D eigenvalue weighted by atomic mass is 10.1. The van der Waals surface area contributed by atoms with Gasteiger partial charge in [0.15, 0.2) is 6.61 Å². The molecule has 0 atom stereocenters. The summed E-state index contributed by atoms with van der Waals surface area (Å²) in [4.78, 5) is 4.16. The maximum absolute atomic E-state index is 9.22. The Bertz CT molecular complexity index is 881. The lowest BCUT2D eigenvalue weighted by Crippen LogP contribution is -1.99. The second kappa shape index (κ2) is 7.86. The first-order chi connectivity index (χ1) is 12.1. The molecule has 0 amide bonds. The average Bonchev–Trinajstić information content (AvgIpc) is 3.03. The maximum Gasteiger partial charge on any atom is 0.236 e. The number of oxazole rings is 1. The third-order valence-electron chi connectivity index (χ3n) is 3.53. The highest BCUT2D eigenvalue weighted by Gasteiger charge is 2.13. The number of aromatic nitrogens is 1. The van der Waals surface area contributed by atoms with E-state index in [1.807, 2.05) is 61.5 Å². The average molecular weight is 398 g/mol. The van der Waals surface area contributed by atoms with Crippen molar-refractivity contribution in [3.8, 4) is 11.8 Å². The summed E-state index contributed by atoms with van der Waals surface area (Å²) in [6.07, 6.45) is 0. The highest BCUT2D eigenvalue weighted by Crippen LogP contribution is 2.21. The van der Waals surface area contributed by atoms with Gasteiger partial charge >= 0.3 is 0 Å². The van der Waals surface area contributed by atoms with Crippen molar-refractivity contribution >= 4 is 21.8 Å². The third-order valence-corrected chi connectivity index (χ3v) is 4.06. The van der Waals surface area contributed by atoms with Crippen LogP contribution >= 0.6 is 15.9 Å². The molecule has 1 aromatic heterocycles. The second-order valence-corrected chi connectivity index (χ2v) is 6.39. The van der Waals surface area contributed by atoms with Crippen molar-refractivity contribution in [2.45, 2.75) is 20.1 Å². The van der Waals surface area contributed by atoms with Crippen molar-refractivity contribution in [3.05, 3.63) is 75.7 Å². The van der Waals surface area contributed by atoms with E-state index >= 15 is 0 Å². The Morgan fingerprint density at radius 2 is 1.88 bits per heavy atom. The van der Waals surface area contributed by atoms with Crippen LogP contribution in [-0.2, 0) is 13.2 Å². The summed E-state index contributed by atoms with van der Waals surface area (Å²) in [5.74, 6) is 1.41. The highest BCUT2D eigenvalue weighted by atomic mass is 79.9. The van der Waals surface area contributed by atoms with Gasteiger partial charge in [0, 0.05) is 11.0 Å². The molecule has 0 aliphatic heterocycles. The van der Waals surface area contributed by atoms with Crippen molar-refractivity contribution in [2.75, 3.05) is 5.32 Å². The van der Waals surface area contributed by atoms with Gasteiger partial charge in [0.05, 0.1) is 0 Å². The van der Waals surface area contributed by atoms with Gasteiger partial charge in [-0.25, -0.2) is 0 Å². The van der Waals surface area contributed by atoms with E-state index in [1.165, 1.54) is 5.56 Å². The summed E-state index contributed by atoms with van der Waals surface area (Å²) in [6.45, 7) is 2.75. The smallest absolute Gasteiger partial charge is 0.236 e. The van der Waals surface area contributed by atoms with E-state index in [9.17, 15) is 5.26 Å². The first-order valence-electron chi connectivity index (χ1n) is 7.71. The molecule has 1 heterocycles. The molecule has 6 heteroatoms. The molecule has 0 fully saturated rings. The van der Waals surface area contributed by atoms with Crippen molar-refractivity contribution in [1.29, 1.82) is 5.26 Å². The molecule has 5 nitrogen and oxygen atoms in total. The Kier molecular flexibility index (Phi) is 5.36. The number of nitrogens with zero attached hydrogens (tertiary/aromatic N) is 2. The summed E-state index contributed by atoms with van der Waals surface area (Å²) in [5, 5.41) is 12.3. The fourth-order valence-corrected chi connectivity index (χ4v) is 2.45. The van der Waals surface area contributed by atoms with Crippen LogP contribution in [0.5, 0.6) is 5.75 Å². The largest absolute Gasteiger partial charge is 0.484 e. The number of rotatable bonds is 6. The monoisotopic (exact) mass is 397 g/mol. The molecule has 126 valence electrons. The molecule has 0 aliphatic rings. The summed E-state index contributed by atoms with van der Waals surface area (Å²) < 4.78 is 12.2. The van der Waals surface area contributed by atoms with Gasteiger partial charge in [-0.2, -0.15) is 10.2 Å². The van der Waals surface area contributed by atoms with Crippen molar-refractivity contribution in [3.63, 3.8) is 0 Å². The number of anilines is 1. The molecule has 1 N–H and O–H groups in total. The lowest BCUT2D eigenvalue weighted by Gasteiger charge is -2.04. The molecule has 0 aliphatic carbocycles. The molecule has 0 bridgehead atoms. The van der Waals surface area contributed by atoms with Crippen molar-refractivity contribution in [1.82, 2.24) is 4.98 Å². The predicted molar refractivity (Wildman–Crippen MR) is 98.2 cm³/mol. The minimum absolute atomic E-state index is 0.155. The van der Waals surface area contributed by atoms with E-state index in [0.29, 0.717) is 24.1 Å². The Hall–Kier alpha value is -2.78. The summed E-state index contributed by atoms with van der Waals surface area (Å²) >= 11 is 3.37. The van der Waals surface area contributed by atoms with Gasteiger partial charge in [-0.3, -0.25) is 0 Å². The summed E-state index contributed by atoms with van der Waals surface area (Å²) in [6, 6.07) is 17.6. The number of halogens is 1. The van der Waals surface area contributed by atoms with Gasteiger partial charge in [0.2, 0.25) is 17.5 Å². The van der Waals surface area contributed by atoms with Crippen LogP contribution in [0.15, 0.2) is 57.4 Å². The molecule has 25 heavy (non-hydrogen) atoms. The summed E-state index contributed by atoms with van der Waals surface area (Å²) in [7, 11) is 0. The van der Waals surface area contributed by atoms with E-state index in [2.05, 4.69) is 26.2 Å². The van der Waals surface area contributed by atoms with E-state index in [-0.39, 0.29) is 12.3 Å². The molecule has 2 aromatic carbocycles. The van der Waals surface area contributed by atoms with Gasteiger partial charge in [0.25, 0.3) is 0 Å². The van der Waals surface area contributed by atoms with Crippen LogP contribution < -0.4 is 10.1 Å². The SMILES string of the molecule is Cc1ccc(CNc2oc(COc3ccc(Br)cc3)nc2C#N)cc1. The van der Waals surface area contributed by atoms with Gasteiger partial charge in [0.1, 0.15) is 11.8 Å². The normalized spacial score (nSPS) is 10.3. The molecule has 3 aromatic rings. The fourth-order valence-electron chi connectivity index (χ4n) is 2.19. The first-order valence-corrected chi connectivity index (χ1v) is 8.51. The molecule has 0 saturated heterocycles. The quantitative estimate of drug-likeness (QED) is 0.645. The first kappa shape index (κ1) is 17.1. The van der Waals surface area contributed by atoms with Crippen LogP contribution in [-0.4, -0.2) is 4.98 Å². The number of aryl methyl sites for hydroxylation is 1. The topological polar surface area (TPSA) is 71.1 Å². The zero-order chi connectivity index (χ0) is 17.6. The minimum atomic E-state index is 0.155. The van der Waals surface area contributed by atoms with E-state index in [4.69, 9.17) is 9.15 Å². The molecule has 0 unspecified atom stereocenters. The van der Waals surface area contributed by atoms with E-state index in [0.717, 1.165) is 10.0 Å². The Labute approximate surface area is 154 Å². The summed E-state index contributed by atoms with van der Waals surface area (Å²) in [5.41, 5.74) is 2.52. The van der Waals surface area contributed by atoms with Crippen LogP contribution in [0.25, 0.3) is 0 Å². The zero-order valence-electron chi connectivity index (χ0n) is 13.6. The lowest BCUT2D eigenvalue weighted by molar-refractivity contribution is 0.264.